The van der Waals surface area contributed by atoms with Crippen molar-refractivity contribution < 1.29 is 24.2 Å². The van der Waals surface area contributed by atoms with Crippen molar-refractivity contribution in [3.63, 3.8) is 0 Å². The van der Waals surface area contributed by atoms with Gasteiger partial charge >= 0.3 is 12.1 Å². The van der Waals surface area contributed by atoms with Gasteiger partial charge in [0.05, 0.1) is 5.92 Å². The lowest BCUT2D eigenvalue weighted by molar-refractivity contribution is -0.142. The standard InChI is InChI=1S/C23H26N2O5/c1-13(21(26)24-15(3)22(27)28)14(2)25-23(29)30-12-20-18-10-6-4-8-16(18)17-9-5-7-11-19(17)20/h4-11,13-15,20H,12H2,1-3H3,(H,24,26)(H,25,29)(H,27,28)/t13?,14?,15-/m0/s1. The van der Waals surface area contributed by atoms with E-state index in [0.717, 1.165) is 22.3 Å². The monoisotopic (exact) mass is 410 g/mol. The largest absolute Gasteiger partial charge is 0.480 e. The Morgan fingerprint density at radius 1 is 0.933 bits per heavy atom. The van der Waals surface area contributed by atoms with Gasteiger partial charge in [0.15, 0.2) is 0 Å². The number of carbonyl (C=O) groups excluding carboxylic acids is 2. The molecule has 0 fully saturated rings. The number of fused-ring (bicyclic) bond motifs is 3. The number of ether oxygens (including phenoxy) is 1. The second kappa shape index (κ2) is 8.98. The summed E-state index contributed by atoms with van der Waals surface area (Å²) in [4.78, 5) is 35.4. The lowest BCUT2D eigenvalue weighted by atomic mass is 9.98. The highest BCUT2D eigenvalue weighted by atomic mass is 16.5. The minimum atomic E-state index is -1.12. The Morgan fingerprint density at radius 2 is 1.47 bits per heavy atom. The van der Waals surface area contributed by atoms with E-state index in [-0.39, 0.29) is 12.5 Å². The van der Waals surface area contributed by atoms with Gasteiger partial charge in [-0.1, -0.05) is 55.5 Å². The summed E-state index contributed by atoms with van der Waals surface area (Å²) in [5, 5.41) is 14.0. The van der Waals surface area contributed by atoms with Crippen LogP contribution in [0.3, 0.4) is 0 Å². The molecule has 0 bridgehead atoms. The van der Waals surface area contributed by atoms with Gasteiger partial charge in [0, 0.05) is 12.0 Å². The fourth-order valence-electron chi connectivity index (χ4n) is 3.58. The SMILES string of the molecule is CC(NC(=O)OCC1c2ccccc2-c2ccccc21)C(C)C(=O)N[C@@H](C)C(=O)O. The van der Waals surface area contributed by atoms with Gasteiger partial charge in [0.25, 0.3) is 0 Å². The van der Waals surface area contributed by atoms with Gasteiger partial charge in [-0.15, -0.1) is 0 Å². The lowest BCUT2D eigenvalue weighted by Crippen LogP contribution is -2.48. The Hall–Kier alpha value is -3.35. The zero-order valence-corrected chi connectivity index (χ0v) is 17.2. The number of hydrogen-bond acceptors (Lipinski definition) is 4. The number of carboxylic acids is 1. The molecule has 2 aromatic rings. The molecule has 1 aliphatic rings. The molecule has 7 heteroatoms. The molecule has 0 aromatic heterocycles. The third kappa shape index (κ3) is 4.45. The number of aliphatic carboxylic acids is 1. The third-order valence-electron chi connectivity index (χ3n) is 5.58. The molecule has 0 radical (unpaired) electrons. The van der Waals surface area contributed by atoms with Crippen LogP contribution in [-0.2, 0) is 14.3 Å². The van der Waals surface area contributed by atoms with E-state index in [4.69, 9.17) is 9.84 Å². The highest BCUT2D eigenvalue weighted by molar-refractivity contribution is 5.85. The summed E-state index contributed by atoms with van der Waals surface area (Å²) in [5.74, 6) is -2.23. The van der Waals surface area contributed by atoms with E-state index in [2.05, 4.69) is 22.8 Å². The smallest absolute Gasteiger partial charge is 0.407 e. The average molecular weight is 410 g/mol. The third-order valence-corrected chi connectivity index (χ3v) is 5.58. The fourth-order valence-corrected chi connectivity index (χ4v) is 3.58. The first-order valence-electron chi connectivity index (χ1n) is 9.94. The summed E-state index contributed by atoms with van der Waals surface area (Å²) in [7, 11) is 0. The van der Waals surface area contributed by atoms with Crippen LogP contribution >= 0.6 is 0 Å². The van der Waals surface area contributed by atoms with Crippen molar-refractivity contribution in [2.45, 2.75) is 38.8 Å². The van der Waals surface area contributed by atoms with E-state index in [9.17, 15) is 14.4 Å². The van der Waals surface area contributed by atoms with Gasteiger partial charge < -0.3 is 20.5 Å². The fraction of sp³-hybridized carbons (Fsp3) is 0.348. The second-order valence-corrected chi connectivity index (χ2v) is 7.62. The van der Waals surface area contributed by atoms with E-state index >= 15 is 0 Å². The van der Waals surface area contributed by atoms with Crippen molar-refractivity contribution in [1.82, 2.24) is 10.6 Å². The van der Waals surface area contributed by atoms with E-state index in [1.54, 1.807) is 13.8 Å². The Balaban J connectivity index is 1.58. The maximum Gasteiger partial charge on any atom is 0.407 e. The molecule has 0 heterocycles. The summed E-state index contributed by atoms with van der Waals surface area (Å²) in [6.45, 7) is 4.87. The summed E-state index contributed by atoms with van der Waals surface area (Å²) in [5.41, 5.74) is 4.53. The molecule has 3 N–H and O–H groups in total. The van der Waals surface area contributed by atoms with Crippen LogP contribution in [0.4, 0.5) is 4.79 Å². The predicted octanol–water partition coefficient (Wildman–Crippen LogP) is 3.14. The van der Waals surface area contributed by atoms with Crippen molar-refractivity contribution in [2.24, 2.45) is 5.92 Å². The van der Waals surface area contributed by atoms with E-state index in [1.165, 1.54) is 6.92 Å². The van der Waals surface area contributed by atoms with Crippen molar-refractivity contribution in [3.8, 4) is 11.1 Å². The molecule has 158 valence electrons. The van der Waals surface area contributed by atoms with Crippen LogP contribution < -0.4 is 10.6 Å². The molecule has 3 atom stereocenters. The van der Waals surface area contributed by atoms with E-state index in [0.29, 0.717) is 0 Å². The van der Waals surface area contributed by atoms with Gasteiger partial charge in [-0.3, -0.25) is 9.59 Å². The van der Waals surface area contributed by atoms with Crippen molar-refractivity contribution in [2.75, 3.05) is 6.61 Å². The zero-order chi connectivity index (χ0) is 21.8. The summed E-state index contributed by atoms with van der Waals surface area (Å²) in [6, 6.07) is 14.6. The molecule has 7 nitrogen and oxygen atoms in total. The second-order valence-electron chi connectivity index (χ2n) is 7.62. The molecule has 2 aromatic carbocycles. The van der Waals surface area contributed by atoms with Gasteiger partial charge in [-0.05, 0) is 36.1 Å². The summed E-state index contributed by atoms with van der Waals surface area (Å²) in [6.07, 6.45) is -0.615. The Labute approximate surface area is 175 Å². The van der Waals surface area contributed by atoms with Crippen LogP contribution in [0, 0.1) is 5.92 Å². The van der Waals surface area contributed by atoms with E-state index < -0.39 is 36.0 Å². The Kier molecular flexibility index (Phi) is 6.40. The zero-order valence-electron chi connectivity index (χ0n) is 17.2. The molecular formula is C23H26N2O5. The first kappa shape index (κ1) is 21.4. The van der Waals surface area contributed by atoms with Crippen LogP contribution in [0.1, 0.15) is 37.8 Å². The molecule has 0 aliphatic heterocycles. The number of carbonyl (C=O) groups is 3. The van der Waals surface area contributed by atoms with Crippen molar-refractivity contribution in [1.29, 1.82) is 0 Å². The molecule has 0 saturated heterocycles. The number of amides is 2. The highest BCUT2D eigenvalue weighted by Gasteiger charge is 2.30. The molecular weight excluding hydrogens is 384 g/mol. The first-order chi connectivity index (χ1) is 14.3. The maximum atomic E-state index is 12.3. The lowest BCUT2D eigenvalue weighted by Gasteiger charge is -2.22. The van der Waals surface area contributed by atoms with Crippen LogP contribution in [0.25, 0.3) is 11.1 Å². The summed E-state index contributed by atoms with van der Waals surface area (Å²) < 4.78 is 5.48. The predicted molar refractivity (Wildman–Crippen MR) is 112 cm³/mol. The number of carboxylic acid groups (broad SMARTS) is 1. The average Bonchev–Trinajstić information content (AvgIpc) is 3.05. The molecule has 2 unspecified atom stereocenters. The van der Waals surface area contributed by atoms with Crippen LogP contribution in [0.2, 0.25) is 0 Å². The van der Waals surface area contributed by atoms with Gasteiger partial charge in [-0.25, -0.2) is 4.79 Å². The van der Waals surface area contributed by atoms with Crippen molar-refractivity contribution >= 4 is 18.0 Å². The highest BCUT2D eigenvalue weighted by Crippen LogP contribution is 2.44. The Morgan fingerprint density at radius 3 is 2.00 bits per heavy atom. The number of alkyl carbamates (subject to hydrolysis) is 1. The Bertz CT molecular complexity index is 913. The molecule has 0 saturated carbocycles. The van der Waals surface area contributed by atoms with Gasteiger partial charge in [-0.2, -0.15) is 0 Å². The topological polar surface area (TPSA) is 105 Å². The molecule has 3 rings (SSSR count). The van der Waals surface area contributed by atoms with Gasteiger partial charge in [0.2, 0.25) is 5.91 Å². The van der Waals surface area contributed by atoms with Crippen LogP contribution in [0.15, 0.2) is 48.5 Å². The number of nitrogens with one attached hydrogen (secondary N) is 2. The molecule has 0 spiro atoms. The number of benzene rings is 2. The summed E-state index contributed by atoms with van der Waals surface area (Å²) >= 11 is 0. The molecule has 2 amide bonds. The first-order valence-corrected chi connectivity index (χ1v) is 9.94. The maximum absolute atomic E-state index is 12.3. The minimum absolute atomic E-state index is 0.0457. The number of rotatable bonds is 7. The number of hydrogen-bond donors (Lipinski definition) is 3. The molecule has 30 heavy (non-hydrogen) atoms. The van der Waals surface area contributed by atoms with Crippen molar-refractivity contribution in [3.05, 3.63) is 59.7 Å². The molecule has 1 aliphatic carbocycles. The van der Waals surface area contributed by atoms with Crippen LogP contribution in [0.5, 0.6) is 0 Å². The van der Waals surface area contributed by atoms with E-state index in [1.807, 2.05) is 36.4 Å². The van der Waals surface area contributed by atoms with Crippen LogP contribution in [-0.4, -0.2) is 41.8 Å². The minimum Gasteiger partial charge on any atom is -0.480 e. The normalized spacial score (nSPS) is 15.3. The van der Waals surface area contributed by atoms with Gasteiger partial charge in [0.1, 0.15) is 12.6 Å². The quantitative estimate of drug-likeness (QED) is 0.650.